The number of hydrogen-bond donors (Lipinski definition) is 1. The van der Waals surface area contributed by atoms with Crippen LogP contribution in [0.15, 0.2) is 36.0 Å². The van der Waals surface area contributed by atoms with Crippen molar-refractivity contribution in [3.05, 3.63) is 53.0 Å². The predicted molar refractivity (Wildman–Crippen MR) is 59.2 cm³/mol. The third kappa shape index (κ3) is 3.95. The molecule has 0 heterocycles. The minimum absolute atomic E-state index is 0. The molecule has 0 bridgehead atoms. The Morgan fingerprint density at radius 1 is 1.41 bits per heavy atom. The Morgan fingerprint density at radius 3 is 2.47 bits per heavy atom. The zero-order valence-corrected chi connectivity index (χ0v) is 10.0. The SMILES string of the molecule is [C-]#[N+]/C(C(=O)OCC)=C(/O)c1ccccc1.[Cu]. The summed E-state index contributed by atoms with van der Waals surface area (Å²) in [6, 6.07) is 8.41. The number of esters is 1. The molecule has 1 radical (unpaired) electrons. The Labute approximate surface area is 110 Å². The number of hydrogen-bond acceptors (Lipinski definition) is 3. The van der Waals surface area contributed by atoms with Gasteiger partial charge < -0.3 is 9.84 Å². The summed E-state index contributed by atoms with van der Waals surface area (Å²) in [7, 11) is 0. The van der Waals surface area contributed by atoms with Crippen LogP contribution in [-0.4, -0.2) is 17.7 Å². The molecule has 5 heteroatoms. The van der Waals surface area contributed by atoms with Crippen LogP contribution in [0.4, 0.5) is 0 Å². The van der Waals surface area contributed by atoms with Crippen molar-refractivity contribution < 1.29 is 31.7 Å². The van der Waals surface area contributed by atoms with Gasteiger partial charge in [0.05, 0.1) is 13.2 Å². The molecule has 1 aromatic carbocycles. The van der Waals surface area contributed by atoms with E-state index in [2.05, 4.69) is 9.58 Å². The van der Waals surface area contributed by atoms with Gasteiger partial charge in [-0.1, -0.05) is 30.3 Å². The molecule has 4 nitrogen and oxygen atoms in total. The van der Waals surface area contributed by atoms with Crippen molar-refractivity contribution in [2.75, 3.05) is 6.61 Å². The van der Waals surface area contributed by atoms with Gasteiger partial charge in [-0.05, 0) is 6.92 Å². The number of benzene rings is 1. The van der Waals surface area contributed by atoms with E-state index in [0.717, 1.165) is 0 Å². The first kappa shape index (κ1) is 15.2. The Kier molecular flexibility index (Phi) is 6.73. The Morgan fingerprint density at radius 2 is 2.00 bits per heavy atom. The first-order valence-corrected chi connectivity index (χ1v) is 4.74. The van der Waals surface area contributed by atoms with E-state index in [-0.39, 0.29) is 29.4 Å². The summed E-state index contributed by atoms with van der Waals surface area (Å²) in [6.07, 6.45) is 0. The second-order valence-corrected chi connectivity index (χ2v) is 2.90. The molecule has 0 aliphatic heterocycles. The Bertz CT molecular complexity index is 449. The van der Waals surface area contributed by atoms with Gasteiger partial charge in [0.2, 0.25) is 0 Å². The number of carbonyl (C=O) groups is 1. The van der Waals surface area contributed by atoms with Crippen LogP contribution in [0.25, 0.3) is 10.6 Å². The van der Waals surface area contributed by atoms with Crippen LogP contribution in [0.3, 0.4) is 0 Å². The molecular weight excluding hydrogens is 270 g/mol. The fraction of sp³-hybridized carbons (Fsp3) is 0.167. The van der Waals surface area contributed by atoms with Crippen molar-refractivity contribution in [2.45, 2.75) is 6.92 Å². The molecule has 0 spiro atoms. The summed E-state index contributed by atoms with van der Waals surface area (Å²) < 4.78 is 4.67. The fourth-order valence-electron chi connectivity index (χ4n) is 1.13. The van der Waals surface area contributed by atoms with Crippen molar-refractivity contribution in [1.29, 1.82) is 0 Å². The number of aliphatic hydroxyl groups is 1. The normalized spacial score (nSPS) is 10.6. The van der Waals surface area contributed by atoms with Gasteiger partial charge in [-0.25, -0.2) is 4.85 Å². The fourth-order valence-corrected chi connectivity index (χ4v) is 1.13. The molecule has 0 saturated heterocycles. The molecule has 0 amide bonds. The van der Waals surface area contributed by atoms with Gasteiger partial charge >= 0.3 is 11.7 Å². The number of ether oxygens (including phenoxy) is 1. The number of aliphatic hydroxyl groups excluding tert-OH is 1. The van der Waals surface area contributed by atoms with E-state index in [9.17, 15) is 9.90 Å². The molecule has 0 aliphatic carbocycles. The zero-order chi connectivity index (χ0) is 12.0. The van der Waals surface area contributed by atoms with Crippen LogP contribution in [0.5, 0.6) is 0 Å². The van der Waals surface area contributed by atoms with E-state index in [1.54, 1.807) is 37.3 Å². The molecule has 0 aliphatic rings. The van der Waals surface area contributed by atoms with Crippen LogP contribution >= 0.6 is 0 Å². The number of nitrogens with zero attached hydrogens (tertiary/aromatic N) is 1. The summed E-state index contributed by atoms with van der Waals surface area (Å²) in [5.74, 6) is -1.16. The van der Waals surface area contributed by atoms with Crippen molar-refractivity contribution in [3.63, 3.8) is 0 Å². The van der Waals surface area contributed by atoms with E-state index in [1.165, 1.54) is 0 Å². The summed E-state index contributed by atoms with van der Waals surface area (Å²) in [5.41, 5.74) is 0.0228. The third-order valence-electron chi connectivity index (χ3n) is 1.85. The van der Waals surface area contributed by atoms with E-state index < -0.39 is 11.7 Å². The van der Waals surface area contributed by atoms with Gasteiger partial charge in [-0.2, -0.15) is 0 Å². The van der Waals surface area contributed by atoms with E-state index in [0.29, 0.717) is 5.56 Å². The molecule has 1 rings (SSSR count). The predicted octanol–water partition coefficient (Wildman–Crippen LogP) is 2.39. The number of rotatable bonds is 3. The van der Waals surface area contributed by atoms with Crippen molar-refractivity contribution in [3.8, 4) is 0 Å². The first-order valence-electron chi connectivity index (χ1n) is 4.74. The van der Waals surface area contributed by atoms with Gasteiger partial charge in [0.15, 0.2) is 0 Å². The molecule has 0 aromatic heterocycles. The molecule has 1 N–H and O–H groups in total. The van der Waals surface area contributed by atoms with Crippen molar-refractivity contribution in [1.82, 2.24) is 0 Å². The topological polar surface area (TPSA) is 50.9 Å². The Hall–Kier alpha value is -1.76. The van der Waals surface area contributed by atoms with Gasteiger partial charge in [-0.3, -0.25) is 4.79 Å². The van der Waals surface area contributed by atoms with Gasteiger partial charge in [0, 0.05) is 22.6 Å². The Balaban J connectivity index is 0.00000256. The van der Waals surface area contributed by atoms with Crippen molar-refractivity contribution in [2.24, 2.45) is 0 Å². The van der Waals surface area contributed by atoms with Crippen LogP contribution in [-0.2, 0) is 26.6 Å². The molecule has 17 heavy (non-hydrogen) atoms. The standard InChI is InChI=1S/C12H11NO3.Cu/c1-3-16-12(15)10(13-2)11(14)9-7-5-4-6-8-9;/h4-8,14H,3H2,1H3;/b11-10+;. The second kappa shape index (κ2) is 7.50. The van der Waals surface area contributed by atoms with Crippen LogP contribution in [0.1, 0.15) is 12.5 Å². The summed E-state index contributed by atoms with van der Waals surface area (Å²) in [5, 5.41) is 9.74. The van der Waals surface area contributed by atoms with Gasteiger partial charge in [-0.15, -0.1) is 0 Å². The smallest absolute Gasteiger partial charge is 0.340 e. The largest absolute Gasteiger partial charge is 0.518 e. The summed E-state index contributed by atoms with van der Waals surface area (Å²) in [6.45, 7) is 8.66. The van der Waals surface area contributed by atoms with E-state index >= 15 is 0 Å². The zero-order valence-electron chi connectivity index (χ0n) is 9.11. The summed E-state index contributed by atoms with van der Waals surface area (Å²) in [4.78, 5) is 14.3. The maximum absolute atomic E-state index is 11.3. The van der Waals surface area contributed by atoms with Crippen molar-refractivity contribution >= 4 is 11.7 Å². The monoisotopic (exact) mass is 280 g/mol. The molecule has 0 unspecified atom stereocenters. The minimum atomic E-state index is -0.807. The molecule has 0 fully saturated rings. The molecule has 0 atom stereocenters. The minimum Gasteiger partial charge on any atom is -0.518 e. The van der Waals surface area contributed by atoms with E-state index in [1.807, 2.05) is 0 Å². The second-order valence-electron chi connectivity index (χ2n) is 2.90. The maximum atomic E-state index is 11.3. The summed E-state index contributed by atoms with van der Waals surface area (Å²) >= 11 is 0. The first-order chi connectivity index (χ1) is 7.70. The van der Waals surface area contributed by atoms with Crippen LogP contribution < -0.4 is 0 Å². The number of carbonyl (C=O) groups excluding carboxylic acids is 1. The van der Waals surface area contributed by atoms with Crippen LogP contribution in [0.2, 0.25) is 0 Å². The molecule has 0 saturated carbocycles. The van der Waals surface area contributed by atoms with Crippen LogP contribution in [0, 0.1) is 6.57 Å². The molecule has 1 aromatic rings. The average Bonchev–Trinajstić information content (AvgIpc) is 2.31. The molecular formula is C12H11CuNO3. The van der Waals surface area contributed by atoms with Gasteiger partial charge in [0.1, 0.15) is 5.76 Å². The maximum Gasteiger partial charge on any atom is 0.340 e. The van der Waals surface area contributed by atoms with E-state index in [4.69, 9.17) is 6.57 Å². The average molecular weight is 281 g/mol. The quantitative estimate of drug-likeness (QED) is 0.304. The third-order valence-corrected chi connectivity index (χ3v) is 1.85. The van der Waals surface area contributed by atoms with Gasteiger partial charge in [0.25, 0.3) is 0 Å². The molecule has 93 valence electrons.